The van der Waals surface area contributed by atoms with Crippen LogP contribution in [0.1, 0.15) is 60.8 Å². The van der Waals surface area contributed by atoms with Gasteiger partial charge in [0.25, 0.3) is 0 Å². The standard InChI is InChI=1S/C18H36N2O4.ClH/c1-7-8-9-20-12(10-21)14(22)15(23)13(20)16(24)19-18(5,6)11-17(2,3)4;/h12-15,21-23H,7-11H2,1-6H3,(H,19,24);1H/t12-,13+,14+,15-;/m1./s1. The molecule has 0 bridgehead atoms. The summed E-state index contributed by atoms with van der Waals surface area (Å²) in [6.45, 7) is 12.6. The maximum atomic E-state index is 12.8. The van der Waals surface area contributed by atoms with E-state index in [0.717, 1.165) is 19.3 Å². The fourth-order valence-corrected chi connectivity index (χ4v) is 3.95. The van der Waals surface area contributed by atoms with Crippen molar-refractivity contribution < 1.29 is 20.1 Å². The molecule has 1 fully saturated rings. The third-order valence-corrected chi connectivity index (χ3v) is 4.51. The number of aliphatic hydroxyl groups excluding tert-OH is 3. The molecule has 0 aromatic carbocycles. The first-order valence-electron chi connectivity index (χ1n) is 8.98. The van der Waals surface area contributed by atoms with E-state index in [0.29, 0.717) is 6.54 Å². The van der Waals surface area contributed by atoms with Crippen molar-refractivity contribution in [2.45, 2.75) is 90.6 Å². The lowest BCUT2D eigenvalue weighted by Crippen LogP contribution is -2.56. The van der Waals surface area contributed by atoms with Crippen molar-refractivity contribution in [1.82, 2.24) is 10.2 Å². The monoisotopic (exact) mass is 380 g/mol. The van der Waals surface area contributed by atoms with Crippen LogP contribution >= 0.6 is 12.4 Å². The predicted octanol–water partition coefficient (Wildman–Crippen LogP) is 1.31. The van der Waals surface area contributed by atoms with Gasteiger partial charge in [0, 0.05) is 5.54 Å². The zero-order valence-electron chi connectivity index (χ0n) is 16.5. The molecule has 0 unspecified atom stereocenters. The Balaban J connectivity index is 0.00000576. The van der Waals surface area contributed by atoms with Gasteiger partial charge in [0.05, 0.1) is 18.8 Å². The second-order valence-electron chi connectivity index (χ2n) is 8.88. The highest BCUT2D eigenvalue weighted by Crippen LogP contribution is 2.29. The predicted molar refractivity (Wildman–Crippen MR) is 102 cm³/mol. The zero-order valence-corrected chi connectivity index (χ0v) is 17.3. The van der Waals surface area contributed by atoms with Gasteiger partial charge in [-0.2, -0.15) is 0 Å². The van der Waals surface area contributed by atoms with E-state index in [4.69, 9.17) is 0 Å². The smallest absolute Gasteiger partial charge is 0.240 e. The molecule has 25 heavy (non-hydrogen) atoms. The number of hydrogen-bond donors (Lipinski definition) is 4. The molecule has 0 saturated carbocycles. The normalized spacial score (nSPS) is 27.9. The van der Waals surface area contributed by atoms with Gasteiger partial charge in [-0.05, 0) is 38.6 Å². The molecule has 4 N–H and O–H groups in total. The summed E-state index contributed by atoms with van der Waals surface area (Å²) in [7, 11) is 0. The molecular weight excluding hydrogens is 344 g/mol. The average Bonchev–Trinajstić information content (AvgIpc) is 2.64. The number of carbonyl (C=O) groups is 1. The van der Waals surface area contributed by atoms with Gasteiger partial charge < -0.3 is 20.6 Å². The fourth-order valence-electron chi connectivity index (χ4n) is 3.95. The van der Waals surface area contributed by atoms with Crippen LogP contribution in [0.2, 0.25) is 0 Å². The van der Waals surface area contributed by atoms with E-state index in [1.54, 1.807) is 4.90 Å². The molecular formula is C18H37ClN2O4. The second kappa shape index (κ2) is 9.51. The van der Waals surface area contributed by atoms with Gasteiger partial charge in [-0.25, -0.2) is 0 Å². The molecule has 1 aliphatic rings. The highest BCUT2D eigenvalue weighted by atomic mass is 35.5. The molecule has 0 spiro atoms. The van der Waals surface area contributed by atoms with Crippen LogP contribution in [0.25, 0.3) is 0 Å². The summed E-state index contributed by atoms with van der Waals surface area (Å²) >= 11 is 0. The topological polar surface area (TPSA) is 93.0 Å². The largest absolute Gasteiger partial charge is 0.395 e. The summed E-state index contributed by atoms with van der Waals surface area (Å²) in [5.41, 5.74) is -0.367. The Hall–Kier alpha value is -0.400. The van der Waals surface area contributed by atoms with Crippen LogP contribution < -0.4 is 5.32 Å². The first kappa shape index (κ1) is 24.6. The van der Waals surface area contributed by atoms with Gasteiger partial charge in [0.15, 0.2) is 0 Å². The average molecular weight is 381 g/mol. The van der Waals surface area contributed by atoms with Gasteiger partial charge in [-0.3, -0.25) is 9.69 Å². The van der Waals surface area contributed by atoms with Crippen LogP contribution in [0.3, 0.4) is 0 Å². The molecule has 1 aliphatic heterocycles. The quantitative estimate of drug-likeness (QED) is 0.534. The zero-order chi connectivity index (χ0) is 18.7. The van der Waals surface area contributed by atoms with Crippen molar-refractivity contribution in [1.29, 1.82) is 0 Å². The van der Waals surface area contributed by atoms with Crippen LogP contribution in [0, 0.1) is 5.41 Å². The van der Waals surface area contributed by atoms with E-state index in [1.807, 2.05) is 20.8 Å². The van der Waals surface area contributed by atoms with E-state index in [9.17, 15) is 20.1 Å². The molecule has 0 radical (unpaired) electrons. The number of halogens is 1. The van der Waals surface area contributed by atoms with Crippen LogP contribution in [0.5, 0.6) is 0 Å². The number of aliphatic hydroxyl groups is 3. The Kier molecular flexibility index (Phi) is 9.36. The minimum absolute atomic E-state index is 0. The first-order chi connectivity index (χ1) is 10.9. The number of nitrogens with zero attached hydrogens (tertiary/aromatic N) is 1. The van der Waals surface area contributed by atoms with Crippen molar-refractivity contribution in [3.63, 3.8) is 0 Å². The van der Waals surface area contributed by atoms with Crippen molar-refractivity contribution in [2.24, 2.45) is 5.41 Å². The highest BCUT2D eigenvalue weighted by Gasteiger charge is 2.50. The minimum Gasteiger partial charge on any atom is -0.395 e. The lowest BCUT2D eigenvalue weighted by atomic mass is 9.81. The summed E-state index contributed by atoms with van der Waals surface area (Å²) in [5.74, 6) is -0.289. The third kappa shape index (κ3) is 6.68. The summed E-state index contributed by atoms with van der Waals surface area (Å²) in [6, 6.07) is -1.43. The second-order valence-corrected chi connectivity index (χ2v) is 8.88. The Bertz CT molecular complexity index is 426. The van der Waals surface area contributed by atoms with Gasteiger partial charge in [0.1, 0.15) is 12.1 Å². The molecule has 1 saturated heterocycles. The van der Waals surface area contributed by atoms with Gasteiger partial charge >= 0.3 is 0 Å². The molecule has 7 heteroatoms. The van der Waals surface area contributed by atoms with Gasteiger partial charge in [0.2, 0.25) is 5.91 Å². The van der Waals surface area contributed by atoms with E-state index in [1.165, 1.54) is 0 Å². The van der Waals surface area contributed by atoms with Crippen LogP contribution in [-0.4, -0.2) is 69.1 Å². The molecule has 4 atom stereocenters. The summed E-state index contributed by atoms with van der Waals surface area (Å²) in [4.78, 5) is 14.6. The number of amides is 1. The molecule has 1 rings (SSSR count). The summed E-state index contributed by atoms with van der Waals surface area (Å²) in [6.07, 6.45) is 0.253. The number of nitrogens with one attached hydrogen (secondary N) is 1. The van der Waals surface area contributed by atoms with E-state index < -0.39 is 29.8 Å². The number of hydrogen-bond acceptors (Lipinski definition) is 5. The van der Waals surface area contributed by atoms with E-state index in [2.05, 4.69) is 26.1 Å². The lowest BCUT2D eigenvalue weighted by Gasteiger charge is -2.36. The van der Waals surface area contributed by atoms with Gasteiger partial charge in [-0.1, -0.05) is 34.1 Å². The lowest BCUT2D eigenvalue weighted by molar-refractivity contribution is -0.131. The van der Waals surface area contributed by atoms with Crippen LogP contribution in [-0.2, 0) is 4.79 Å². The van der Waals surface area contributed by atoms with Crippen molar-refractivity contribution in [3.8, 4) is 0 Å². The Morgan fingerprint density at radius 3 is 2.12 bits per heavy atom. The van der Waals surface area contributed by atoms with E-state index in [-0.39, 0.29) is 30.3 Å². The Morgan fingerprint density at radius 1 is 1.12 bits per heavy atom. The summed E-state index contributed by atoms with van der Waals surface area (Å²) in [5, 5.41) is 33.2. The number of unbranched alkanes of at least 4 members (excludes halogenated alkanes) is 1. The molecule has 6 nitrogen and oxygen atoms in total. The number of likely N-dealkylation sites (tertiary alicyclic amines) is 1. The number of rotatable bonds is 7. The molecule has 0 aromatic rings. The Labute approximate surface area is 158 Å². The van der Waals surface area contributed by atoms with Crippen molar-refractivity contribution in [2.75, 3.05) is 13.2 Å². The van der Waals surface area contributed by atoms with Crippen molar-refractivity contribution in [3.05, 3.63) is 0 Å². The maximum absolute atomic E-state index is 12.8. The summed E-state index contributed by atoms with van der Waals surface area (Å²) < 4.78 is 0. The molecule has 150 valence electrons. The third-order valence-electron chi connectivity index (χ3n) is 4.51. The molecule has 0 aromatic heterocycles. The van der Waals surface area contributed by atoms with Crippen LogP contribution in [0.4, 0.5) is 0 Å². The minimum atomic E-state index is -1.19. The van der Waals surface area contributed by atoms with Crippen LogP contribution in [0.15, 0.2) is 0 Å². The molecule has 0 aliphatic carbocycles. The number of carbonyl (C=O) groups excluding carboxylic acids is 1. The first-order valence-corrected chi connectivity index (χ1v) is 8.98. The van der Waals surface area contributed by atoms with E-state index >= 15 is 0 Å². The van der Waals surface area contributed by atoms with Crippen molar-refractivity contribution >= 4 is 18.3 Å². The SMILES string of the molecule is CCCCN1[C@H](CO)[C@H](O)[C@H](O)[C@H]1C(=O)NC(C)(C)CC(C)(C)C.Cl. The van der Waals surface area contributed by atoms with Gasteiger partial charge in [-0.15, -0.1) is 12.4 Å². The molecule has 1 heterocycles. The molecule has 1 amide bonds. The maximum Gasteiger partial charge on any atom is 0.240 e. The Morgan fingerprint density at radius 2 is 1.68 bits per heavy atom. The fraction of sp³-hybridized carbons (Fsp3) is 0.944. The highest BCUT2D eigenvalue weighted by molar-refractivity contribution is 5.85.